The summed E-state index contributed by atoms with van der Waals surface area (Å²) in [5.74, 6) is -0.189. The van der Waals surface area contributed by atoms with Crippen LogP contribution in [0.4, 0.5) is 4.39 Å². The van der Waals surface area contributed by atoms with Crippen molar-refractivity contribution < 1.29 is 9.18 Å². The lowest BCUT2D eigenvalue weighted by Gasteiger charge is -2.46. The van der Waals surface area contributed by atoms with E-state index < -0.39 is 0 Å². The number of rotatable bonds is 6. The third-order valence-corrected chi connectivity index (χ3v) is 6.29. The molecule has 158 valence electrons. The lowest BCUT2D eigenvalue weighted by atomic mass is 9.78. The largest absolute Gasteiger partial charge is 0.349 e. The number of pyridine rings is 1. The fourth-order valence-corrected chi connectivity index (χ4v) is 4.74. The Morgan fingerprint density at radius 3 is 2.87 bits per heavy atom. The molecule has 4 rings (SSSR count). The van der Waals surface area contributed by atoms with Crippen molar-refractivity contribution in [2.75, 3.05) is 6.54 Å². The zero-order valence-electron chi connectivity index (χ0n) is 17.6. The molecule has 2 heterocycles. The van der Waals surface area contributed by atoms with Gasteiger partial charge in [-0.05, 0) is 75.4 Å². The Hall–Kier alpha value is -2.73. The number of halogens is 1. The molecule has 1 saturated carbocycles. The fourth-order valence-electron chi connectivity index (χ4n) is 4.74. The quantitative estimate of drug-likeness (QED) is 0.624. The van der Waals surface area contributed by atoms with E-state index >= 15 is 0 Å². The van der Waals surface area contributed by atoms with Gasteiger partial charge in [0.05, 0.1) is 11.0 Å². The maximum absolute atomic E-state index is 13.4. The topological polar surface area (TPSA) is 61.0 Å². The van der Waals surface area contributed by atoms with E-state index in [2.05, 4.69) is 22.2 Å². The highest BCUT2D eigenvalue weighted by Crippen LogP contribution is 2.35. The van der Waals surface area contributed by atoms with Crippen molar-refractivity contribution in [3.05, 3.63) is 65.7 Å². The summed E-state index contributed by atoms with van der Waals surface area (Å²) in [4.78, 5) is 22.9. The molecule has 2 atom stereocenters. The Balaban J connectivity index is 1.46. The first kappa shape index (κ1) is 20.5. The number of nitrogens with zero attached hydrogens (tertiary/aromatic N) is 2. The van der Waals surface area contributed by atoms with Crippen LogP contribution in [0.1, 0.15) is 55.6 Å². The van der Waals surface area contributed by atoms with Gasteiger partial charge in [0.15, 0.2) is 0 Å². The second kappa shape index (κ2) is 8.56. The van der Waals surface area contributed by atoms with Crippen molar-refractivity contribution in [3.63, 3.8) is 0 Å². The van der Waals surface area contributed by atoms with Crippen LogP contribution >= 0.6 is 0 Å². The van der Waals surface area contributed by atoms with E-state index in [1.807, 2.05) is 42.2 Å². The number of aromatic amines is 1. The Kier molecular flexibility index (Phi) is 5.86. The van der Waals surface area contributed by atoms with Crippen LogP contribution in [0.25, 0.3) is 11.0 Å². The van der Waals surface area contributed by atoms with Crippen LogP contribution in [0, 0.1) is 5.82 Å². The SMILES string of the molecule is CCN(C(=O)c1cc2ncccc2[nH]1)C1(C)CCC[C@@H](NCc2ccc(F)cc2)C1. The highest BCUT2D eigenvalue weighted by Gasteiger charge is 2.39. The molecule has 2 aromatic heterocycles. The van der Waals surface area contributed by atoms with Crippen LogP contribution in [-0.2, 0) is 6.54 Å². The minimum absolute atomic E-state index is 0.0252. The van der Waals surface area contributed by atoms with Gasteiger partial charge in [0, 0.05) is 30.9 Å². The van der Waals surface area contributed by atoms with Crippen molar-refractivity contribution in [3.8, 4) is 0 Å². The lowest BCUT2D eigenvalue weighted by Crippen LogP contribution is -2.55. The molecule has 3 aromatic rings. The van der Waals surface area contributed by atoms with Crippen LogP contribution in [0.3, 0.4) is 0 Å². The number of H-pyrrole nitrogens is 1. The maximum Gasteiger partial charge on any atom is 0.270 e. The Labute approximate surface area is 176 Å². The van der Waals surface area contributed by atoms with E-state index in [0.717, 1.165) is 42.3 Å². The smallest absolute Gasteiger partial charge is 0.270 e. The fraction of sp³-hybridized carbons (Fsp3) is 0.417. The summed E-state index contributed by atoms with van der Waals surface area (Å²) in [7, 11) is 0. The standard InChI is InChI=1S/C24H29FN4O/c1-3-29(23(30)22-14-21-20(28-22)7-5-13-26-21)24(2)12-4-6-19(15-24)27-16-17-8-10-18(25)11-9-17/h5,7-11,13-14,19,27-28H,3-4,6,12,15-16H2,1-2H3/t19-,24?/m1/s1. The minimum Gasteiger partial charge on any atom is -0.349 e. The number of carbonyl (C=O) groups is 1. The van der Waals surface area contributed by atoms with Gasteiger partial charge in [-0.3, -0.25) is 9.78 Å². The van der Waals surface area contributed by atoms with E-state index in [1.165, 1.54) is 12.1 Å². The second-order valence-corrected chi connectivity index (χ2v) is 8.47. The summed E-state index contributed by atoms with van der Waals surface area (Å²) in [5, 5.41) is 3.61. The molecule has 2 N–H and O–H groups in total. The molecular formula is C24H29FN4O. The third-order valence-electron chi connectivity index (χ3n) is 6.29. The molecule has 1 fully saturated rings. The second-order valence-electron chi connectivity index (χ2n) is 8.47. The molecule has 30 heavy (non-hydrogen) atoms. The number of fused-ring (bicyclic) bond motifs is 1. The van der Waals surface area contributed by atoms with Gasteiger partial charge in [-0.15, -0.1) is 0 Å². The zero-order valence-corrected chi connectivity index (χ0v) is 17.6. The Bertz CT molecular complexity index is 982. The summed E-state index contributed by atoms with van der Waals surface area (Å²) >= 11 is 0. The first-order chi connectivity index (χ1) is 14.5. The number of benzene rings is 1. The molecule has 1 aliphatic carbocycles. The average molecular weight is 409 g/mol. The normalized spacial score (nSPS) is 21.6. The van der Waals surface area contributed by atoms with Crippen molar-refractivity contribution in [2.45, 2.75) is 57.7 Å². The van der Waals surface area contributed by atoms with Gasteiger partial charge >= 0.3 is 0 Å². The van der Waals surface area contributed by atoms with Gasteiger partial charge < -0.3 is 15.2 Å². The molecule has 1 aromatic carbocycles. The molecule has 0 saturated heterocycles. The third kappa shape index (κ3) is 4.24. The molecule has 0 radical (unpaired) electrons. The predicted molar refractivity (Wildman–Crippen MR) is 117 cm³/mol. The van der Waals surface area contributed by atoms with E-state index in [4.69, 9.17) is 0 Å². The van der Waals surface area contributed by atoms with Crippen LogP contribution in [0.15, 0.2) is 48.7 Å². The lowest BCUT2D eigenvalue weighted by molar-refractivity contribution is 0.0365. The predicted octanol–water partition coefficient (Wildman–Crippen LogP) is 4.66. The van der Waals surface area contributed by atoms with Crippen LogP contribution in [-0.4, -0.2) is 38.9 Å². The Morgan fingerprint density at radius 2 is 2.13 bits per heavy atom. The Morgan fingerprint density at radius 1 is 1.33 bits per heavy atom. The van der Waals surface area contributed by atoms with Crippen molar-refractivity contribution >= 4 is 16.9 Å². The summed E-state index contributed by atoms with van der Waals surface area (Å²) in [6.45, 7) is 5.60. The van der Waals surface area contributed by atoms with Crippen LogP contribution < -0.4 is 5.32 Å². The average Bonchev–Trinajstić information content (AvgIpc) is 3.18. The molecule has 5 nitrogen and oxygen atoms in total. The van der Waals surface area contributed by atoms with E-state index in [9.17, 15) is 9.18 Å². The molecule has 1 unspecified atom stereocenters. The molecule has 1 aliphatic rings. The molecule has 0 bridgehead atoms. The number of aromatic nitrogens is 2. The number of nitrogens with one attached hydrogen (secondary N) is 2. The van der Waals surface area contributed by atoms with Gasteiger partial charge in [-0.2, -0.15) is 0 Å². The monoisotopic (exact) mass is 408 g/mol. The van der Waals surface area contributed by atoms with Gasteiger partial charge in [-0.1, -0.05) is 12.1 Å². The molecule has 1 amide bonds. The molecule has 6 heteroatoms. The molecule has 0 aliphatic heterocycles. The highest BCUT2D eigenvalue weighted by molar-refractivity contribution is 5.97. The van der Waals surface area contributed by atoms with Crippen molar-refractivity contribution in [1.82, 2.24) is 20.2 Å². The number of carbonyl (C=O) groups excluding carboxylic acids is 1. The first-order valence-electron chi connectivity index (χ1n) is 10.7. The molecular weight excluding hydrogens is 379 g/mol. The van der Waals surface area contributed by atoms with Crippen molar-refractivity contribution in [2.24, 2.45) is 0 Å². The summed E-state index contributed by atoms with van der Waals surface area (Å²) in [6, 6.07) is 12.6. The maximum atomic E-state index is 13.4. The van der Waals surface area contributed by atoms with Crippen molar-refractivity contribution in [1.29, 1.82) is 0 Å². The minimum atomic E-state index is -0.215. The van der Waals surface area contributed by atoms with E-state index in [-0.39, 0.29) is 17.3 Å². The van der Waals surface area contributed by atoms with Gasteiger partial charge in [0.2, 0.25) is 0 Å². The number of hydrogen-bond acceptors (Lipinski definition) is 3. The van der Waals surface area contributed by atoms with Gasteiger partial charge in [-0.25, -0.2) is 4.39 Å². The van der Waals surface area contributed by atoms with Gasteiger partial charge in [0.25, 0.3) is 5.91 Å². The first-order valence-corrected chi connectivity index (χ1v) is 10.7. The zero-order chi connectivity index (χ0) is 21.1. The van der Waals surface area contributed by atoms with Crippen LogP contribution in [0.5, 0.6) is 0 Å². The van der Waals surface area contributed by atoms with E-state index in [1.54, 1.807) is 6.20 Å². The van der Waals surface area contributed by atoms with Crippen LogP contribution in [0.2, 0.25) is 0 Å². The van der Waals surface area contributed by atoms with Gasteiger partial charge in [0.1, 0.15) is 11.5 Å². The summed E-state index contributed by atoms with van der Waals surface area (Å²) in [5.41, 5.74) is 3.13. The highest BCUT2D eigenvalue weighted by atomic mass is 19.1. The molecule has 0 spiro atoms. The number of hydrogen-bond donors (Lipinski definition) is 2. The summed E-state index contributed by atoms with van der Waals surface area (Å²) < 4.78 is 13.1. The van der Waals surface area contributed by atoms with E-state index in [0.29, 0.717) is 24.8 Å². The number of amides is 1. The summed E-state index contributed by atoms with van der Waals surface area (Å²) in [6.07, 6.45) is 5.77.